The first-order valence-electron chi connectivity index (χ1n) is 3.89. The van der Waals surface area contributed by atoms with Crippen molar-refractivity contribution < 1.29 is 4.52 Å². The van der Waals surface area contributed by atoms with Crippen molar-refractivity contribution in [1.29, 1.82) is 0 Å². The van der Waals surface area contributed by atoms with Crippen LogP contribution in [0.2, 0.25) is 0 Å². The number of hydrogen-bond acceptors (Lipinski definition) is 2. The van der Waals surface area contributed by atoms with Gasteiger partial charge in [0.1, 0.15) is 5.76 Å². The fourth-order valence-corrected chi connectivity index (χ4v) is 1.04. The Morgan fingerprint density at radius 3 is 2.45 bits per heavy atom. The fourth-order valence-electron chi connectivity index (χ4n) is 1.04. The van der Waals surface area contributed by atoms with Gasteiger partial charge in [0.15, 0.2) is 0 Å². The molecule has 0 atom stereocenters. The highest BCUT2D eigenvalue weighted by Crippen LogP contribution is 2.19. The van der Waals surface area contributed by atoms with E-state index in [2.05, 4.69) is 25.9 Å². The largest absolute Gasteiger partial charge is 0.361 e. The normalized spacial score (nSPS) is 12.0. The number of nitrogens with zero attached hydrogens (tertiary/aromatic N) is 1. The molecule has 0 aliphatic carbocycles. The van der Waals surface area contributed by atoms with Gasteiger partial charge in [-0.1, -0.05) is 25.9 Å². The predicted molar refractivity (Wildman–Crippen MR) is 44.4 cm³/mol. The van der Waals surface area contributed by atoms with E-state index in [0.717, 1.165) is 17.9 Å². The van der Waals surface area contributed by atoms with E-state index in [9.17, 15) is 0 Å². The highest BCUT2D eigenvalue weighted by Gasteiger charge is 2.13. The number of aryl methyl sites for hydroxylation is 1. The molecule has 0 fully saturated rings. The van der Waals surface area contributed by atoms with Crippen LogP contribution in [-0.2, 0) is 6.42 Å². The van der Waals surface area contributed by atoms with Crippen LogP contribution in [-0.4, -0.2) is 5.16 Å². The molecule has 0 spiro atoms. The minimum atomic E-state index is 0.295. The van der Waals surface area contributed by atoms with E-state index in [1.165, 1.54) is 0 Å². The molecule has 0 saturated carbocycles. The third-order valence-corrected chi connectivity index (χ3v) is 1.39. The summed E-state index contributed by atoms with van der Waals surface area (Å²) >= 11 is 0. The van der Waals surface area contributed by atoms with Crippen molar-refractivity contribution in [2.24, 2.45) is 5.41 Å². The molecule has 0 bridgehead atoms. The summed E-state index contributed by atoms with van der Waals surface area (Å²) in [5.74, 6) is 0.893. The second-order valence-electron chi connectivity index (χ2n) is 4.17. The van der Waals surface area contributed by atoms with Gasteiger partial charge >= 0.3 is 0 Å². The molecule has 2 nitrogen and oxygen atoms in total. The maximum absolute atomic E-state index is 4.96. The molecule has 0 aliphatic rings. The van der Waals surface area contributed by atoms with Crippen molar-refractivity contribution in [3.63, 3.8) is 0 Å². The minimum Gasteiger partial charge on any atom is -0.361 e. The standard InChI is InChI=1S/C9H15NO/c1-7-5-8(10-11-7)6-9(2,3)4/h5H,6H2,1-4H3. The molecule has 0 radical (unpaired) electrons. The molecule has 1 heterocycles. The van der Waals surface area contributed by atoms with E-state index in [1.807, 2.05) is 13.0 Å². The third kappa shape index (κ3) is 2.74. The van der Waals surface area contributed by atoms with Crippen molar-refractivity contribution >= 4 is 0 Å². The summed E-state index contributed by atoms with van der Waals surface area (Å²) < 4.78 is 4.96. The van der Waals surface area contributed by atoms with Crippen LogP contribution in [0, 0.1) is 12.3 Å². The Labute approximate surface area is 67.6 Å². The summed E-state index contributed by atoms with van der Waals surface area (Å²) in [7, 11) is 0. The van der Waals surface area contributed by atoms with Crippen molar-refractivity contribution in [2.75, 3.05) is 0 Å². The van der Waals surface area contributed by atoms with Crippen LogP contribution in [0.25, 0.3) is 0 Å². The Morgan fingerprint density at radius 1 is 1.45 bits per heavy atom. The van der Waals surface area contributed by atoms with Gasteiger partial charge in [0.05, 0.1) is 5.69 Å². The lowest BCUT2D eigenvalue weighted by Crippen LogP contribution is -2.09. The maximum atomic E-state index is 4.96. The van der Waals surface area contributed by atoms with Gasteiger partial charge in [0, 0.05) is 6.07 Å². The molecule has 0 unspecified atom stereocenters. The smallest absolute Gasteiger partial charge is 0.133 e. The molecule has 62 valence electrons. The highest BCUT2D eigenvalue weighted by atomic mass is 16.5. The molecule has 2 heteroatoms. The Kier molecular flexibility index (Phi) is 2.03. The van der Waals surface area contributed by atoms with Gasteiger partial charge in [0.25, 0.3) is 0 Å². The molecule has 0 amide bonds. The summed E-state index contributed by atoms with van der Waals surface area (Å²) in [6.07, 6.45) is 0.977. The van der Waals surface area contributed by atoms with Gasteiger partial charge in [-0.05, 0) is 18.8 Å². The molecular formula is C9H15NO. The third-order valence-electron chi connectivity index (χ3n) is 1.39. The molecule has 1 aromatic rings. The van der Waals surface area contributed by atoms with Crippen molar-refractivity contribution in [1.82, 2.24) is 5.16 Å². The first-order valence-corrected chi connectivity index (χ1v) is 3.89. The summed E-state index contributed by atoms with van der Waals surface area (Å²) in [6.45, 7) is 8.49. The summed E-state index contributed by atoms with van der Waals surface area (Å²) in [5.41, 5.74) is 1.35. The summed E-state index contributed by atoms with van der Waals surface area (Å²) in [6, 6.07) is 1.99. The van der Waals surface area contributed by atoms with Gasteiger partial charge in [0.2, 0.25) is 0 Å². The SMILES string of the molecule is Cc1cc(CC(C)(C)C)no1. The van der Waals surface area contributed by atoms with Crippen molar-refractivity contribution in [3.8, 4) is 0 Å². The molecule has 0 N–H and O–H groups in total. The van der Waals surface area contributed by atoms with E-state index >= 15 is 0 Å². The fraction of sp³-hybridized carbons (Fsp3) is 0.667. The first-order chi connectivity index (χ1) is 4.97. The van der Waals surface area contributed by atoms with E-state index in [-0.39, 0.29) is 0 Å². The van der Waals surface area contributed by atoms with E-state index in [0.29, 0.717) is 5.41 Å². The average Bonchev–Trinajstić information content (AvgIpc) is 2.10. The van der Waals surface area contributed by atoms with E-state index in [4.69, 9.17) is 4.52 Å². The highest BCUT2D eigenvalue weighted by molar-refractivity contribution is 5.05. The number of hydrogen-bond donors (Lipinski definition) is 0. The first kappa shape index (κ1) is 8.31. The minimum absolute atomic E-state index is 0.295. The zero-order chi connectivity index (χ0) is 8.48. The van der Waals surface area contributed by atoms with Crippen LogP contribution in [0.3, 0.4) is 0 Å². The van der Waals surface area contributed by atoms with Gasteiger partial charge in [-0.3, -0.25) is 0 Å². The molecule has 11 heavy (non-hydrogen) atoms. The molecule has 1 aromatic heterocycles. The summed E-state index contributed by atoms with van der Waals surface area (Å²) in [4.78, 5) is 0. The molecular weight excluding hydrogens is 138 g/mol. The Hall–Kier alpha value is -0.790. The van der Waals surface area contributed by atoms with Gasteiger partial charge in [-0.15, -0.1) is 0 Å². The zero-order valence-electron chi connectivity index (χ0n) is 7.64. The Morgan fingerprint density at radius 2 is 2.09 bits per heavy atom. The number of aromatic nitrogens is 1. The van der Waals surface area contributed by atoms with Crippen LogP contribution in [0.4, 0.5) is 0 Å². The molecule has 1 rings (SSSR count). The lowest BCUT2D eigenvalue weighted by molar-refractivity contribution is 0.362. The van der Waals surface area contributed by atoms with Gasteiger partial charge in [-0.25, -0.2) is 0 Å². The predicted octanol–water partition coefficient (Wildman–Crippen LogP) is 2.57. The van der Waals surface area contributed by atoms with Crippen LogP contribution in [0.5, 0.6) is 0 Å². The van der Waals surface area contributed by atoms with Crippen LogP contribution >= 0.6 is 0 Å². The zero-order valence-corrected chi connectivity index (χ0v) is 7.64. The Bertz CT molecular complexity index is 232. The second-order valence-corrected chi connectivity index (χ2v) is 4.17. The van der Waals surface area contributed by atoms with Crippen LogP contribution in [0.1, 0.15) is 32.2 Å². The molecule has 0 aromatic carbocycles. The quantitative estimate of drug-likeness (QED) is 0.619. The monoisotopic (exact) mass is 153 g/mol. The summed E-state index contributed by atoms with van der Waals surface area (Å²) in [5, 5.41) is 3.93. The average molecular weight is 153 g/mol. The molecule has 0 aliphatic heterocycles. The van der Waals surface area contributed by atoms with Gasteiger partial charge in [-0.2, -0.15) is 0 Å². The maximum Gasteiger partial charge on any atom is 0.133 e. The number of rotatable bonds is 1. The van der Waals surface area contributed by atoms with Gasteiger partial charge < -0.3 is 4.52 Å². The Balaban J connectivity index is 2.65. The lowest BCUT2D eigenvalue weighted by Gasteiger charge is -2.14. The van der Waals surface area contributed by atoms with Crippen LogP contribution in [0.15, 0.2) is 10.6 Å². The topological polar surface area (TPSA) is 26.0 Å². The second kappa shape index (κ2) is 2.68. The lowest BCUT2D eigenvalue weighted by atomic mass is 9.91. The van der Waals surface area contributed by atoms with Crippen molar-refractivity contribution in [3.05, 3.63) is 17.5 Å². The van der Waals surface area contributed by atoms with Crippen molar-refractivity contribution in [2.45, 2.75) is 34.1 Å². The van der Waals surface area contributed by atoms with E-state index < -0.39 is 0 Å². The molecule has 0 saturated heterocycles. The van der Waals surface area contributed by atoms with E-state index in [1.54, 1.807) is 0 Å². The van der Waals surface area contributed by atoms with Crippen LogP contribution < -0.4 is 0 Å².